The maximum atomic E-state index is 14.0. The van der Waals surface area contributed by atoms with Crippen molar-refractivity contribution in [1.29, 1.82) is 0 Å². The monoisotopic (exact) mass is 411 g/mol. The minimum Gasteiger partial charge on any atom is -0.369 e. The molecule has 1 aromatic carbocycles. The van der Waals surface area contributed by atoms with E-state index in [1.54, 1.807) is 18.0 Å². The summed E-state index contributed by atoms with van der Waals surface area (Å²) in [6.07, 6.45) is 4.02. The summed E-state index contributed by atoms with van der Waals surface area (Å²) in [5.41, 5.74) is 9.59. The van der Waals surface area contributed by atoms with E-state index in [0.29, 0.717) is 11.3 Å². The lowest BCUT2D eigenvalue weighted by molar-refractivity contribution is 0.0165. The number of hydrogen-bond acceptors (Lipinski definition) is 5. The largest absolute Gasteiger partial charge is 0.369 e. The van der Waals surface area contributed by atoms with E-state index in [-0.39, 0.29) is 30.0 Å². The highest BCUT2D eigenvalue weighted by atomic mass is 19.3. The fraction of sp³-hybridized carbons (Fsp3) is 0.409. The zero-order chi connectivity index (χ0) is 21.0. The van der Waals surface area contributed by atoms with Gasteiger partial charge in [0.1, 0.15) is 5.69 Å². The number of halogens is 2. The Morgan fingerprint density at radius 3 is 2.93 bits per heavy atom. The first-order chi connectivity index (χ1) is 14.3. The molecule has 6 nitrogen and oxygen atoms in total. The van der Waals surface area contributed by atoms with Crippen molar-refractivity contribution >= 4 is 17.6 Å². The first kappa shape index (κ1) is 19.0. The number of carbonyl (C=O) groups is 1. The van der Waals surface area contributed by atoms with Gasteiger partial charge in [-0.15, -0.1) is 0 Å². The Hall–Kier alpha value is -3.03. The van der Waals surface area contributed by atoms with Gasteiger partial charge in [-0.05, 0) is 36.5 Å². The molecule has 1 aromatic heterocycles. The highest BCUT2D eigenvalue weighted by Crippen LogP contribution is 2.46. The van der Waals surface area contributed by atoms with Gasteiger partial charge in [0.15, 0.2) is 5.96 Å². The number of amides is 1. The number of alkyl halides is 2. The van der Waals surface area contributed by atoms with Crippen molar-refractivity contribution in [2.24, 2.45) is 10.7 Å². The molecule has 1 fully saturated rings. The van der Waals surface area contributed by atoms with Crippen LogP contribution in [0.2, 0.25) is 0 Å². The molecule has 3 aliphatic rings. The van der Waals surface area contributed by atoms with E-state index in [1.165, 1.54) is 16.7 Å². The SMILES string of the molecule is CN(C(=O)c1cc2c(cn1)N=C(N)N1CC(F)(F)C[C@H]21)C1CCCc2ccccc21. The number of nitrogens with two attached hydrogens (primary N) is 1. The van der Waals surface area contributed by atoms with E-state index in [1.807, 2.05) is 12.1 Å². The Morgan fingerprint density at radius 1 is 1.30 bits per heavy atom. The zero-order valence-electron chi connectivity index (χ0n) is 16.7. The van der Waals surface area contributed by atoms with Crippen molar-refractivity contribution in [3.63, 3.8) is 0 Å². The Kier molecular flexibility index (Phi) is 4.27. The number of aromatic nitrogens is 1. The molecule has 30 heavy (non-hydrogen) atoms. The van der Waals surface area contributed by atoms with Crippen LogP contribution in [0.4, 0.5) is 14.5 Å². The molecule has 0 radical (unpaired) electrons. The number of guanidine groups is 1. The molecule has 8 heteroatoms. The molecule has 1 aliphatic carbocycles. The Morgan fingerprint density at radius 2 is 2.10 bits per heavy atom. The van der Waals surface area contributed by atoms with Crippen LogP contribution in [0.1, 0.15) is 58.5 Å². The van der Waals surface area contributed by atoms with Gasteiger partial charge in [0.2, 0.25) is 0 Å². The molecule has 1 unspecified atom stereocenters. The fourth-order valence-electron chi connectivity index (χ4n) is 4.92. The third-order valence-electron chi connectivity index (χ3n) is 6.42. The second kappa shape index (κ2) is 6.75. The van der Waals surface area contributed by atoms with Gasteiger partial charge in [-0.1, -0.05) is 24.3 Å². The first-order valence-corrected chi connectivity index (χ1v) is 10.2. The molecule has 0 bridgehead atoms. The maximum absolute atomic E-state index is 14.0. The highest BCUT2D eigenvalue weighted by molar-refractivity contribution is 5.93. The maximum Gasteiger partial charge on any atom is 0.272 e. The predicted octanol–water partition coefficient (Wildman–Crippen LogP) is 3.57. The molecular weight excluding hydrogens is 388 g/mol. The van der Waals surface area contributed by atoms with Crippen molar-refractivity contribution in [2.75, 3.05) is 13.6 Å². The molecule has 1 saturated heterocycles. The zero-order valence-corrected chi connectivity index (χ0v) is 16.7. The lowest BCUT2D eigenvalue weighted by atomic mass is 9.87. The number of carbonyl (C=O) groups excluding carboxylic acids is 1. The number of nitrogens with zero attached hydrogens (tertiary/aromatic N) is 4. The average Bonchev–Trinajstić information content (AvgIpc) is 3.08. The Balaban J connectivity index is 1.47. The van der Waals surface area contributed by atoms with E-state index < -0.39 is 18.5 Å². The third kappa shape index (κ3) is 3.02. The summed E-state index contributed by atoms with van der Waals surface area (Å²) < 4.78 is 28.1. The van der Waals surface area contributed by atoms with Crippen LogP contribution in [-0.2, 0) is 6.42 Å². The summed E-state index contributed by atoms with van der Waals surface area (Å²) in [5, 5.41) is 0. The van der Waals surface area contributed by atoms with Gasteiger partial charge in [0.05, 0.1) is 30.5 Å². The second-order valence-corrected chi connectivity index (χ2v) is 8.33. The Labute approximate surface area is 173 Å². The predicted molar refractivity (Wildman–Crippen MR) is 109 cm³/mol. The summed E-state index contributed by atoms with van der Waals surface area (Å²) in [6, 6.07) is 9.17. The smallest absolute Gasteiger partial charge is 0.272 e. The van der Waals surface area contributed by atoms with E-state index in [9.17, 15) is 13.6 Å². The van der Waals surface area contributed by atoms with Crippen molar-refractivity contribution in [2.45, 2.75) is 43.7 Å². The van der Waals surface area contributed by atoms with Gasteiger partial charge in [0.25, 0.3) is 11.8 Å². The van der Waals surface area contributed by atoms with Crippen LogP contribution in [0.15, 0.2) is 41.5 Å². The highest BCUT2D eigenvalue weighted by Gasteiger charge is 2.48. The lowest BCUT2D eigenvalue weighted by Gasteiger charge is -2.33. The molecular formula is C22H23F2N5O. The van der Waals surface area contributed by atoms with Crippen LogP contribution in [-0.4, -0.2) is 46.2 Å². The van der Waals surface area contributed by atoms with Crippen molar-refractivity contribution < 1.29 is 13.6 Å². The van der Waals surface area contributed by atoms with Gasteiger partial charge in [-0.25, -0.2) is 18.8 Å². The third-order valence-corrected chi connectivity index (χ3v) is 6.42. The van der Waals surface area contributed by atoms with Crippen LogP contribution in [0.25, 0.3) is 0 Å². The van der Waals surface area contributed by atoms with E-state index >= 15 is 0 Å². The summed E-state index contributed by atoms with van der Waals surface area (Å²) >= 11 is 0. The number of hydrogen-bond donors (Lipinski definition) is 1. The van der Waals surface area contributed by atoms with Gasteiger partial charge < -0.3 is 15.5 Å². The Bertz CT molecular complexity index is 1050. The topological polar surface area (TPSA) is 74.8 Å². The van der Waals surface area contributed by atoms with Crippen molar-refractivity contribution in [1.82, 2.24) is 14.8 Å². The lowest BCUT2D eigenvalue weighted by Crippen LogP contribution is -2.40. The van der Waals surface area contributed by atoms with Crippen LogP contribution in [0.5, 0.6) is 0 Å². The van der Waals surface area contributed by atoms with Crippen molar-refractivity contribution in [3.8, 4) is 0 Å². The number of benzene rings is 1. The molecule has 2 N–H and O–H groups in total. The summed E-state index contributed by atoms with van der Waals surface area (Å²) in [6.45, 7) is -0.462. The van der Waals surface area contributed by atoms with Crippen LogP contribution in [0, 0.1) is 0 Å². The molecule has 3 heterocycles. The van der Waals surface area contributed by atoms with Gasteiger partial charge in [0, 0.05) is 19.0 Å². The minimum absolute atomic E-state index is 0.0266. The van der Waals surface area contributed by atoms with E-state index in [2.05, 4.69) is 22.1 Å². The fourth-order valence-corrected chi connectivity index (χ4v) is 4.92. The first-order valence-electron chi connectivity index (χ1n) is 10.2. The molecule has 2 atom stereocenters. The quantitative estimate of drug-likeness (QED) is 0.820. The second-order valence-electron chi connectivity index (χ2n) is 8.33. The summed E-state index contributed by atoms with van der Waals surface area (Å²) in [7, 11) is 1.78. The molecule has 2 aliphatic heterocycles. The van der Waals surface area contributed by atoms with E-state index in [0.717, 1.165) is 24.8 Å². The number of fused-ring (bicyclic) bond motifs is 4. The van der Waals surface area contributed by atoms with Gasteiger partial charge in [-0.3, -0.25) is 4.79 Å². The average molecular weight is 411 g/mol. The molecule has 1 amide bonds. The number of aryl methyl sites for hydroxylation is 1. The number of aliphatic imine (C=N–C) groups is 1. The molecule has 0 spiro atoms. The number of pyridine rings is 1. The van der Waals surface area contributed by atoms with Gasteiger partial charge in [-0.2, -0.15) is 0 Å². The van der Waals surface area contributed by atoms with Crippen LogP contribution < -0.4 is 5.73 Å². The van der Waals surface area contributed by atoms with Crippen LogP contribution in [0.3, 0.4) is 0 Å². The van der Waals surface area contributed by atoms with Crippen molar-refractivity contribution in [3.05, 3.63) is 58.9 Å². The van der Waals surface area contributed by atoms with Crippen LogP contribution >= 0.6 is 0 Å². The molecule has 5 rings (SSSR count). The summed E-state index contributed by atoms with van der Waals surface area (Å²) in [4.78, 5) is 24.9. The molecule has 2 aromatic rings. The van der Waals surface area contributed by atoms with E-state index in [4.69, 9.17) is 5.73 Å². The number of rotatable bonds is 2. The molecule has 156 valence electrons. The standard InChI is InChI=1S/C22H23F2N5O/c1-28(18-8-4-6-13-5-2-3-7-14(13)18)20(30)16-9-15-17(11-26-16)27-21(25)29-12-22(23,24)10-19(15)29/h2-3,5,7,9,11,18-19H,4,6,8,10,12H2,1H3,(H2,25,27)/t18?,19-/m1/s1. The minimum atomic E-state index is -2.84. The summed E-state index contributed by atoms with van der Waals surface area (Å²) in [5.74, 6) is -3.00. The normalized spacial score (nSPS) is 23.8. The molecule has 0 saturated carbocycles. The van der Waals surface area contributed by atoms with Gasteiger partial charge >= 0.3 is 0 Å².